The lowest BCUT2D eigenvalue weighted by Crippen LogP contribution is -2.37. The summed E-state index contributed by atoms with van der Waals surface area (Å²) >= 11 is 5.59. The second-order valence-corrected chi connectivity index (χ2v) is 6.02. The van der Waals surface area contributed by atoms with Crippen molar-refractivity contribution in [2.24, 2.45) is 5.92 Å². The van der Waals surface area contributed by atoms with Gasteiger partial charge in [0.2, 0.25) is 0 Å². The molecule has 1 fully saturated rings. The SMILES string of the molecule is CCCN(CC1CC1)C(=S)Nc1cc(C)ccc1C. The number of nitrogens with one attached hydrogen (secondary N) is 1. The maximum absolute atomic E-state index is 5.59. The van der Waals surface area contributed by atoms with Gasteiger partial charge < -0.3 is 10.2 Å². The Hall–Kier alpha value is -1.09. The van der Waals surface area contributed by atoms with E-state index in [1.165, 1.54) is 24.0 Å². The van der Waals surface area contributed by atoms with Crippen LogP contribution in [0.15, 0.2) is 18.2 Å². The van der Waals surface area contributed by atoms with Crippen LogP contribution in [0.3, 0.4) is 0 Å². The van der Waals surface area contributed by atoms with E-state index < -0.39 is 0 Å². The Labute approximate surface area is 122 Å². The highest BCUT2D eigenvalue weighted by Gasteiger charge is 2.25. The van der Waals surface area contributed by atoms with E-state index in [9.17, 15) is 0 Å². The third-order valence-electron chi connectivity index (χ3n) is 3.59. The van der Waals surface area contributed by atoms with Gasteiger partial charge in [-0.1, -0.05) is 19.1 Å². The lowest BCUT2D eigenvalue weighted by Gasteiger charge is -2.26. The molecule has 0 aliphatic heterocycles. The highest BCUT2D eigenvalue weighted by molar-refractivity contribution is 7.80. The molecule has 0 amide bonds. The number of rotatable bonds is 5. The first-order chi connectivity index (χ1) is 9.10. The van der Waals surface area contributed by atoms with Crippen LogP contribution in [0.4, 0.5) is 5.69 Å². The topological polar surface area (TPSA) is 15.3 Å². The Morgan fingerprint density at radius 2 is 2.11 bits per heavy atom. The molecule has 2 nitrogen and oxygen atoms in total. The van der Waals surface area contributed by atoms with Gasteiger partial charge in [-0.25, -0.2) is 0 Å². The van der Waals surface area contributed by atoms with Crippen molar-refractivity contribution in [3.05, 3.63) is 29.3 Å². The number of aryl methyl sites for hydroxylation is 2. The first-order valence-corrected chi connectivity index (χ1v) is 7.64. The summed E-state index contributed by atoms with van der Waals surface area (Å²) in [7, 11) is 0. The van der Waals surface area contributed by atoms with Crippen LogP contribution in [-0.4, -0.2) is 23.1 Å². The van der Waals surface area contributed by atoms with Gasteiger partial charge in [0.05, 0.1) is 0 Å². The predicted octanol–water partition coefficient (Wildman–Crippen LogP) is 4.12. The zero-order chi connectivity index (χ0) is 13.8. The molecule has 0 atom stereocenters. The van der Waals surface area contributed by atoms with Crippen LogP contribution >= 0.6 is 12.2 Å². The quantitative estimate of drug-likeness (QED) is 0.814. The van der Waals surface area contributed by atoms with E-state index in [1.807, 2.05) is 0 Å². The Morgan fingerprint density at radius 1 is 1.37 bits per heavy atom. The van der Waals surface area contributed by atoms with Crippen LogP contribution in [-0.2, 0) is 0 Å². The lowest BCUT2D eigenvalue weighted by atomic mass is 10.1. The molecule has 104 valence electrons. The highest BCUT2D eigenvalue weighted by atomic mass is 32.1. The molecule has 0 saturated heterocycles. The molecule has 1 aromatic carbocycles. The van der Waals surface area contributed by atoms with E-state index in [4.69, 9.17) is 12.2 Å². The second-order valence-electron chi connectivity index (χ2n) is 5.64. The monoisotopic (exact) mass is 276 g/mol. The number of anilines is 1. The molecule has 1 aliphatic rings. The summed E-state index contributed by atoms with van der Waals surface area (Å²) in [5, 5.41) is 4.30. The first-order valence-electron chi connectivity index (χ1n) is 7.23. The van der Waals surface area contributed by atoms with Gasteiger partial charge in [-0.3, -0.25) is 0 Å². The summed E-state index contributed by atoms with van der Waals surface area (Å²) < 4.78 is 0. The lowest BCUT2D eigenvalue weighted by molar-refractivity contribution is 0.404. The zero-order valence-electron chi connectivity index (χ0n) is 12.2. The maximum atomic E-state index is 5.59. The Morgan fingerprint density at radius 3 is 2.74 bits per heavy atom. The number of nitrogens with zero attached hydrogens (tertiary/aromatic N) is 1. The summed E-state index contributed by atoms with van der Waals surface area (Å²) in [6, 6.07) is 6.45. The summed E-state index contributed by atoms with van der Waals surface area (Å²) in [6.45, 7) is 8.61. The van der Waals surface area contributed by atoms with Crippen LogP contribution < -0.4 is 5.32 Å². The summed E-state index contributed by atoms with van der Waals surface area (Å²) in [5.41, 5.74) is 3.65. The largest absolute Gasteiger partial charge is 0.349 e. The second kappa shape index (κ2) is 6.38. The minimum atomic E-state index is 0.866. The molecule has 0 spiro atoms. The molecule has 0 bridgehead atoms. The van der Waals surface area contributed by atoms with Gasteiger partial charge in [-0.2, -0.15) is 0 Å². The standard InChI is InChI=1S/C16H24N2S/c1-4-9-18(11-14-7-8-14)16(19)17-15-10-12(2)5-6-13(15)3/h5-6,10,14H,4,7-9,11H2,1-3H3,(H,17,19). The molecule has 0 unspecified atom stereocenters. The maximum Gasteiger partial charge on any atom is 0.173 e. The van der Waals surface area contributed by atoms with Gasteiger partial charge in [-0.15, -0.1) is 0 Å². The number of benzene rings is 1. The van der Waals surface area contributed by atoms with Crippen LogP contribution in [0.2, 0.25) is 0 Å². The van der Waals surface area contributed by atoms with Crippen LogP contribution in [0.5, 0.6) is 0 Å². The number of thiocarbonyl (C=S) groups is 1. The van der Waals surface area contributed by atoms with Gasteiger partial charge in [0.15, 0.2) is 5.11 Å². The molecular formula is C16H24N2S. The zero-order valence-corrected chi connectivity index (χ0v) is 13.0. The minimum Gasteiger partial charge on any atom is -0.349 e. The predicted molar refractivity (Wildman–Crippen MR) is 86.7 cm³/mol. The van der Waals surface area contributed by atoms with Gasteiger partial charge in [0.1, 0.15) is 0 Å². The van der Waals surface area contributed by atoms with E-state index in [-0.39, 0.29) is 0 Å². The number of hydrogen-bond donors (Lipinski definition) is 1. The normalized spacial score (nSPS) is 14.3. The third-order valence-corrected chi connectivity index (χ3v) is 3.95. The summed E-state index contributed by atoms with van der Waals surface area (Å²) in [5.74, 6) is 0.866. The molecule has 0 heterocycles. The van der Waals surface area contributed by atoms with Gasteiger partial charge >= 0.3 is 0 Å². The van der Waals surface area contributed by atoms with Crippen LogP contribution in [0.25, 0.3) is 0 Å². The Balaban J connectivity index is 2.02. The molecule has 1 aliphatic carbocycles. The molecule has 2 rings (SSSR count). The van der Waals surface area contributed by atoms with E-state index >= 15 is 0 Å². The average molecular weight is 276 g/mol. The molecule has 0 aromatic heterocycles. The molecule has 0 radical (unpaired) electrons. The fraction of sp³-hybridized carbons (Fsp3) is 0.562. The van der Waals surface area contributed by atoms with Crippen LogP contribution in [0.1, 0.15) is 37.3 Å². The van der Waals surface area contributed by atoms with Crippen molar-refractivity contribution in [2.75, 3.05) is 18.4 Å². The van der Waals surface area contributed by atoms with E-state index in [2.05, 4.69) is 49.2 Å². The fourth-order valence-electron chi connectivity index (χ4n) is 2.22. The fourth-order valence-corrected chi connectivity index (χ4v) is 2.50. The van der Waals surface area contributed by atoms with Gasteiger partial charge in [-0.05, 0) is 68.4 Å². The Kier molecular flexibility index (Phi) is 4.81. The van der Waals surface area contributed by atoms with Gasteiger partial charge in [0.25, 0.3) is 0 Å². The van der Waals surface area contributed by atoms with E-state index in [1.54, 1.807) is 0 Å². The molecule has 1 N–H and O–H groups in total. The number of hydrogen-bond acceptors (Lipinski definition) is 1. The third kappa shape index (κ3) is 4.20. The van der Waals surface area contributed by atoms with Crippen molar-refractivity contribution in [3.63, 3.8) is 0 Å². The molecule has 3 heteroatoms. The molecule has 19 heavy (non-hydrogen) atoms. The Bertz CT molecular complexity index is 452. The summed E-state index contributed by atoms with van der Waals surface area (Å²) in [4.78, 5) is 2.33. The van der Waals surface area contributed by atoms with Crippen molar-refractivity contribution >= 4 is 23.0 Å². The average Bonchev–Trinajstić information content (AvgIpc) is 3.17. The van der Waals surface area contributed by atoms with Crippen molar-refractivity contribution in [3.8, 4) is 0 Å². The van der Waals surface area contributed by atoms with Crippen molar-refractivity contribution < 1.29 is 0 Å². The van der Waals surface area contributed by atoms with E-state index in [0.717, 1.165) is 36.2 Å². The highest BCUT2D eigenvalue weighted by Crippen LogP contribution is 2.30. The first kappa shape index (κ1) is 14.3. The van der Waals surface area contributed by atoms with Crippen LogP contribution in [0, 0.1) is 19.8 Å². The smallest absolute Gasteiger partial charge is 0.173 e. The van der Waals surface area contributed by atoms with Crippen molar-refractivity contribution in [1.29, 1.82) is 0 Å². The summed E-state index contributed by atoms with van der Waals surface area (Å²) in [6.07, 6.45) is 3.87. The van der Waals surface area contributed by atoms with E-state index in [0.29, 0.717) is 0 Å². The molecule has 1 aromatic rings. The van der Waals surface area contributed by atoms with Crippen molar-refractivity contribution in [1.82, 2.24) is 4.90 Å². The molecular weight excluding hydrogens is 252 g/mol. The van der Waals surface area contributed by atoms with Gasteiger partial charge in [0, 0.05) is 18.8 Å². The van der Waals surface area contributed by atoms with Crippen molar-refractivity contribution in [2.45, 2.75) is 40.0 Å². The molecule has 1 saturated carbocycles. The minimum absolute atomic E-state index is 0.866.